The van der Waals surface area contributed by atoms with E-state index < -0.39 is 23.1 Å². The average molecular weight is 368 g/mol. The molecule has 2 amide bonds. The van der Waals surface area contributed by atoms with Crippen molar-refractivity contribution in [2.45, 2.75) is 32.4 Å². The highest BCUT2D eigenvalue weighted by Crippen LogP contribution is 2.23. The van der Waals surface area contributed by atoms with E-state index in [-0.39, 0.29) is 6.54 Å². The number of nitrogens with zero attached hydrogens (tertiary/aromatic N) is 3. The maximum Gasteiger partial charge on any atom is 0.410 e. The van der Waals surface area contributed by atoms with E-state index in [1.54, 1.807) is 47.1 Å². The van der Waals surface area contributed by atoms with Crippen LogP contribution >= 0.6 is 11.6 Å². The molecule has 1 aliphatic heterocycles. The molecule has 0 aliphatic carbocycles. The number of rotatable bonds is 3. The Morgan fingerprint density at radius 1 is 1.28 bits per heavy atom. The van der Waals surface area contributed by atoms with Gasteiger partial charge in [-0.05, 0) is 56.6 Å². The topological polar surface area (TPSA) is 71.4 Å². The first-order chi connectivity index (χ1) is 11.6. The van der Waals surface area contributed by atoms with Crippen LogP contribution in [0.4, 0.5) is 9.59 Å². The lowest BCUT2D eigenvalue weighted by Gasteiger charge is -2.29. The first kappa shape index (κ1) is 19.1. The van der Waals surface area contributed by atoms with Gasteiger partial charge in [-0.15, -0.1) is 0 Å². The summed E-state index contributed by atoms with van der Waals surface area (Å²) >= 11 is 5.57. The van der Waals surface area contributed by atoms with Crippen molar-refractivity contribution < 1.29 is 19.1 Å². The predicted molar refractivity (Wildman–Crippen MR) is 95.3 cm³/mol. The van der Waals surface area contributed by atoms with E-state index >= 15 is 0 Å². The lowest BCUT2D eigenvalue weighted by molar-refractivity contribution is 0.0263. The third-order valence-corrected chi connectivity index (χ3v) is 3.82. The molecular weight excluding hydrogens is 346 g/mol. The molecule has 0 N–H and O–H groups in total. The summed E-state index contributed by atoms with van der Waals surface area (Å²) < 4.78 is 10.6. The van der Waals surface area contributed by atoms with E-state index in [0.717, 1.165) is 10.6 Å². The van der Waals surface area contributed by atoms with Crippen LogP contribution < -0.4 is 4.74 Å². The Hall–Kier alpha value is -2.28. The molecule has 0 fully saturated rings. The summed E-state index contributed by atoms with van der Waals surface area (Å²) in [5.41, 5.74) is 0.704. The van der Waals surface area contributed by atoms with Crippen molar-refractivity contribution in [3.63, 3.8) is 0 Å². The molecule has 0 radical (unpaired) electrons. The van der Waals surface area contributed by atoms with Crippen LogP contribution in [0.15, 0.2) is 29.4 Å². The molecule has 7 nitrogen and oxygen atoms in total. The number of hydrogen-bond donors (Lipinski definition) is 0. The average Bonchev–Trinajstić information content (AvgIpc) is 2.98. The molecule has 0 spiro atoms. The number of likely N-dealkylation sites (N-methyl/N-ethyl adjacent to an activating group) is 1. The van der Waals surface area contributed by atoms with Gasteiger partial charge in [0.15, 0.2) is 0 Å². The van der Waals surface area contributed by atoms with Crippen molar-refractivity contribution in [1.82, 2.24) is 9.91 Å². The van der Waals surface area contributed by atoms with Crippen molar-refractivity contribution >= 4 is 28.8 Å². The number of carbonyl (C=O) groups excluding carboxylic acids is 2. The standard InChI is InChI=1S/C17H22ClN3O4/c1-17(2,3)25-16(23)20(4)13-10-21(15(18)22)19-14(13)11-6-8-12(24-5)9-7-11/h6-9,13H,10H2,1-5H3. The molecular formula is C17H22ClN3O4. The molecule has 1 heterocycles. The summed E-state index contributed by atoms with van der Waals surface area (Å²) in [5, 5.41) is 4.70. The zero-order valence-corrected chi connectivity index (χ0v) is 15.7. The third-order valence-electron chi connectivity index (χ3n) is 3.63. The second-order valence-electron chi connectivity index (χ2n) is 6.66. The molecule has 0 saturated heterocycles. The Morgan fingerprint density at radius 2 is 1.88 bits per heavy atom. The van der Waals surface area contributed by atoms with Crippen LogP contribution in [-0.4, -0.2) is 59.4 Å². The Balaban J connectivity index is 2.30. The highest BCUT2D eigenvalue weighted by Gasteiger charge is 2.36. The Morgan fingerprint density at radius 3 is 2.36 bits per heavy atom. The summed E-state index contributed by atoms with van der Waals surface area (Å²) in [4.78, 5) is 25.3. The van der Waals surface area contributed by atoms with Gasteiger partial charge in [0.05, 0.1) is 25.4 Å². The minimum atomic E-state index is -0.703. The van der Waals surface area contributed by atoms with Gasteiger partial charge in [0.1, 0.15) is 11.4 Å². The largest absolute Gasteiger partial charge is 0.497 e. The number of ether oxygens (including phenoxy) is 2. The van der Waals surface area contributed by atoms with Crippen LogP contribution in [0, 0.1) is 0 Å². The van der Waals surface area contributed by atoms with E-state index in [1.165, 1.54) is 4.90 Å². The van der Waals surface area contributed by atoms with Gasteiger partial charge in [-0.3, -0.25) is 4.79 Å². The maximum atomic E-state index is 12.4. The van der Waals surface area contributed by atoms with Crippen molar-refractivity contribution in [3.8, 4) is 5.75 Å². The molecule has 0 saturated carbocycles. The zero-order chi connectivity index (χ0) is 18.8. The van der Waals surface area contributed by atoms with Gasteiger partial charge in [-0.2, -0.15) is 5.10 Å². The van der Waals surface area contributed by atoms with Crippen LogP contribution in [0.5, 0.6) is 5.75 Å². The monoisotopic (exact) mass is 367 g/mol. The van der Waals surface area contributed by atoms with Crippen molar-refractivity contribution in [1.29, 1.82) is 0 Å². The van der Waals surface area contributed by atoms with Crippen molar-refractivity contribution in [3.05, 3.63) is 29.8 Å². The number of carbonyl (C=O) groups is 2. The van der Waals surface area contributed by atoms with E-state index in [9.17, 15) is 9.59 Å². The van der Waals surface area contributed by atoms with E-state index in [1.807, 2.05) is 12.1 Å². The lowest BCUT2D eigenvalue weighted by Crippen LogP contribution is -2.46. The Kier molecular flexibility index (Phi) is 5.57. The zero-order valence-electron chi connectivity index (χ0n) is 14.9. The summed E-state index contributed by atoms with van der Waals surface area (Å²) in [6.07, 6.45) is -0.498. The number of hydrazone groups is 1. The fraction of sp³-hybridized carbons (Fsp3) is 0.471. The van der Waals surface area contributed by atoms with E-state index in [2.05, 4.69) is 5.10 Å². The Bertz CT molecular complexity index is 682. The van der Waals surface area contributed by atoms with Crippen LogP contribution in [0.3, 0.4) is 0 Å². The number of halogens is 1. The van der Waals surface area contributed by atoms with Gasteiger partial charge in [0.25, 0.3) is 0 Å². The van der Waals surface area contributed by atoms with Crippen molar-refractivity contribution in [2.24, 2.45) is 5.10 Å². The fourth-order valence-corrected chi connectivity index (χ4v) is 2.48. The van der Waals surface area contributed by atoms with Gasteiger partial charge in [0.2, 0.25) is 0 Å². The molecule has 1 aliphatic rings. The van der Waals surface area contributed by atoms with Crippen molar-refractivity contribution in [2.75, 3.05) is 20.7 Å². The van der Waals surface area contributed by atoms with E-state index in [0.29, 0.717) is 11.5 Å². The van der Waals surface area contributed by atoms with Crippen LogP contribution in [0.1, 0.15) is 26.3 Å². The number of methoxy groups -OCH3 is 1. The summed E-state index contributed by atoms with van der Waals surface area (Å²) in [7, 11) is 3.19. The van der Waals surface area contributed by atoms with Crippen LogP contribution in [0.25, 0.3) is 0 Å². The summed E-state index contributed by atoms with van der Waals surface area (Å²) in [6.45, 7) is 5.54. The molecule has 25 heavy (non-hydrogen) atoms. The molecule has 1 aromatic rings. The lowest BCUT2D eigenvalue weighted by atomic mass is 10.0. The molecule has 8 heteroatoms. The first-order valence-corrected chi connectivity index (χ1v) is 8.16. The summed E-state index contributed by atoms with van der Waals surface area (Å²) in [6, 6.07) is 6.73. The quantitative estimate of drug-likeness (QED) is 0.607. The maximum absolute atomic E-state index is 12.4. The third kappa shape index (κ3) is 4.63. The van der Waals surface area contributed by atoms with Gasteiger partial charge >= 0.3 is 11.5 Å². The number of benzene rings is 1. The fourth-order valence-electron chi connectivity index (χ4n) is 2.38. The minimum absolute atomic E-state index is 0.166. The van der Waals surface area contributed by atoms with Gasteiger partial charge in [-0.1, -0.05) is 0 Å². The molecule has 1 atom stereocenters. The van der Waals surface area contributed by atoms with Crippen LogP contribution in [0.2, 0.25) is 0 Å². The van der Waals surface area contributed by atoms with Gasteiger partial charge in [0, 0.05) is 12.6 Å². The first-order valence-electron chi connectivity index (χ1n) is 7.78. The second-order valence-corrected chi connectivity index (χ2v) is 6.98. The number of amides is 2. The molecule has 0 aromatic heterocycles. The molecule has 1 aromatic carbocycles. The van der Waals surface area contributed by atoms with Crippen LogP contribution in [-0.2, 0) is 4.74 Å². The normalized spacial score (nSPS) is 17.1. The predicted octanol–water partition coefficient (Wildman–Crippen LogP) is 3.31. The summed E-state index contributed by atoms with van der Waals surface area (Å²) in [5.74, 6) is 0.699. The Labute approximate surface area is 152 Å². The van der Waals surface area contributed by atoms with Gasteiger partial charge in [-0.25, -0.2) is 9.80 Å². The van der Waals surface area contributed by atoms with Gasteiger partial charge < -0.3 is 14.4 Å². The SMILES string of the molecule is COc1ccc(C2=NN(C(=O)Cl)CC2N(C)C(=O)OC(C)(C)C)cc1. The molecule has 136 valence electrons. The van der Waals surface area contributed by atoms with E-state index in [4.69, 9.17) is 21.1 Å². The minimum Gasteiger partial charge on any atom is -0.497 e. The highest BCUT2D eigenvalue weighted by atomic mass is 35.5. The highest BCUT2D eigenvalue weighted by molar-refractivity contribution is 6.62. The smallest absolute Gasteiger partial charge is 0.410 e. The number of hydrogen-bond acceptors (Lipinski definition) is 5. The molecule has 1 unspecified atom stereocenters. The second kappa shape index (κ2) is 7.31. The molecule has 2 rings (SSSR count). The molecule has 0 bridgehead atoms.